The summed E-state index contributed by atoms with van der Waals surface area (Å²) in [7, 11) is 1.94. The molecule has 2 rings (SSSR count). The molecular weight excluding hydrogens is 323 g/mol. The molecule has 1 saturated heterocycles. The van der Waals surface area contributed by atoms with Gasteiger partial charge in [-0.2, -0.15) is 0 Å². The molecule has 2 atom stereocenters. The third-order valence-corrected chi connectivity index (χ3v) is 4.40. The van der Waals surface area contributed by atoms with Crippen LogP contribution in [0.3, 0.4) is 0 Å². The first kappa shape index (κ1) is 17.4. The summed E-state index contributed by atoms with van der Waals surface area (Å²) in [6, 6.07) is 5.00. The van der Waals surface area contributed by atoms with Crippen molar-refractivity contribution in [2.24, 2.45) is 5.92 Å². The lowest BCUT2D eigenvalue weighted by atomic mass is 9.97. The quantitative estimate of drug-likeness (QED) is 0.891. The van der Waals surface area contributed by atoms with Gasteiger partial charge in [0.25, 0.3) is 5.91 Å². The van der Waals surface area contributed by atoms with E-state index in [4.69, 9.17) is 27.9 Å². The van der Waals surface area contributed by atoms with Gasteiger partial charge in [0.05, 0.1) is 5.02 Å². The van der Waals surface area contributed by atoms with Gasteiger partial charge >= 0.3 is 0 Å². The molecule has 22 heavy (non-hydrogen) atoms. The normalized spacial score (nSPS) is 19.8. The van der Waals surface area contributed by atoms with Gasteiger partial charge in [0.2, 0.25) is 0 Å². The topological polar surface area (TPSA) is 41.6 Å². The number of halogens is 2. The molecule has 0 saturated carbocycles. The Morgan fingerprint density at radius 3 is 2.95 bits per heavy atom. The van der Waals surface area contributed by atoms with Crippen LogP contribution in [-0.4, -0.2) is 43.6 Å². The molecule has 1 amide bonds. The number of likely N-dealkylation sites (tertiary alicyclic amines) is 1. The van der Waals surface area contributed by atoms with Crippen LogP contribution in [0.25, 0.3) is 0 Å². The number of nitrogens with zero attached hydrogens (tertiary/aromatic N) is 1. The maximum Gasteiger partial charge on any atom is 0.263 e. The zero-order valence-electron chi connectivity index (χ0n) is 12.9. The van der Waals surface area contributed by atoms with E-state index >= 15 is 0 Å². The molecule has 1 fully saturated rings. The summed E-state index contributed by atoms with van der Waals surface area (Å²) >= 11 is 11.9. The van der Waals surface area contributed by atoms with Crippen LogP contribution < -0.4 is 10.1 Å². The Balaban J connectivity index is 1.96. The predicted octanol–water partition coefficient (Wildman–Crippen LogP) is 3.22. The lowest BCUT2D eigenvalue weighted by molar-refractivity contribution is -0.139. The molecule has 1 heterocycles. The molecule has 6 heteroatoms. The molecule has 1 aliphatic rings. The van der Waals surface area contributed by atoms with Gasteiger partial charge < -0.3 is 15.0 Å². The Morgan fingerprint density at radius 1 is 1.50 bits per heavy atom. The number of rotatable bonds is 5. The molecule has 0 radical (unpaired) electrons. The van der Waals surface area contributed by atoms with Crippen molar-refractivity contribution in [1.29, 1.82) is 0 Å². The smallest absolute Gasteiger partial charge is 0.263 e. The molecule has 122 valence electrons. The third-order valence-electron chi connectivity index (χ3n) is 3.87. The maximum atomic E-state index is 12.5. The molecule has 1 aliphatic heterocycles. The molecule has 0 bridgehead atoms. The summed E-state index contributed by atoms with van der Waals surface area (Å²) in [5.74, 6) is 0.997. The molecular formula is C16H22Cl2N2O2. The van der Waals surface area contributed by atoms with Crippen molar-refractivity contribution in [2.45, 2.75) is 25.9 Å². The summed E-state index contributed by atoms with van der Waals surface area (Å²) in [5, 5.41) is 4.14. The minimum atomic E-state index is -0.563. The van der Waals surface area contributed by atoms with E-state index in [2.05, 4.69) is 5.32 Å². The number of ether oxygens (including phenoxy) is 1. The second-order valence-electron chi connectivity index (χ2n) is 5.69. The van der Waals surface area contributed by atoms with Crippen molar-refractivity contribution in [2.75, 3.05) is 26.7 Å². The Labute approximate surface area is 141 Å². The Hall–Kier alpha value is -0.970. The van der Waals surface area contributed by atoms with Crippen LogP contribution >= 0.6 is 23.2 Å². The van der Waals surface area contributed by atoms with E-state index in [0.717, 1.165) is 32.5 Å². The molecule has 2 unspecified atom stereocenters. The largest absolute Gasteiger partial charge is 0.479 e. The number of benzene rings is 1. The second kappa shape index (κ2) is 8.04. The van der Waals surface area contributed by atoms with E-state index in [9.17, 15) is 4.79 Å². The Bertz CT molecular complexity index is 523. The summed E-state index contributed by atoms with van der Waals surface area (Å²) in [6.45, 7) is 4.26. The van der Waals surface area contributed by atoms with Gasteiger partial charge in [-0.05, 0) is 57.5 Å². The highest BCUT2D eigenvalue weighted by Crippen LogP contribution is 2.28. The van der Waals surface area contributed by atoms with Crippen LogP contribution in [0.2, 0.25) is 10.0 Å². The summed E-state index contributed by atoms with van der Waals surface area (Å²) in [5.41, 5.74) is 0. The summed E-state index contributed by atoms with van der Waals surface area (Å²) in [6.07, 6.45) is 1.63. The zero-order valence-corrected chi connectivity index (χ0v) is 14.5. The van der Waals surface area contributed by atoms with E-state index in [1.165, 1.54) is 0 Å². The van der Waals surface area contributed by atoms with Crippen LogP contribution in [0, 0.1) is 5.92 Å². The van der Waals surface area contributed by atoms with Gasteiger partial charge in [0.1, 0.15) is 5.75 Å². The van der Waals surface area contributed by atoms with Gasteiger partial charge in [-0.3, -0.25) is 4.79 Å². The van der Waals surface area contributed by atoms with E-state index in [-0.39, 0.29) is 5.91 Å². The fraction of sp³-hybridized carbons (Fsp3) is 0.562. The van der Waals surface area contributed by atoms with Crippen molar-refractivity contribution in [1.82, 2.24) is 10.2 Å². The zero-order chi connectivity index (χ0) is 16.1. The highest BCUT2D eigenvalue weighted by atomic mass is 35.5. The maximum absolute atomic E-state index is 12.5. The summed E-state index contributed by atoms with van der Waals surface area (Å²) in [4.78, 5) is 14.4. The minimum absolute atomic E-state index is 0.00631. The van der Waals surface area contributed by atoms with Crippen LogP contribution in [0.15, 0.2) is 18.2 Å². The number of carbonyl (C=O) groups excluding carboxylic acids is 1. The number of hydrogen-bond acceptors (Lipinski definition) is 3. The van der Waals surface area contributed by atoms with Crippen molar-refractivity contribution >= 4 is 29.1 Å². The molecule has 4 nitrogen and oxygen atoms in total. The van der Waals surface area contributed by atoms with E-state index in [0.29, 0.717) is 21.7 Å². The number of carbonyl (C=O) groups is 1. The lowest BCUT2D eigenvalue weighted by Crippen LogP contribution is -2.47. The Morgan fingerprint density at radius 2 is 2.27 bits per heavy atom. The molecule has 1 aromatic carbocycles. The minimum Gasteiger partial charge on any atom is -0.479 e. The highest BCUT2D eigenvalue weighted by molar-refractivity contribution is 6.35. The van der Waals surface area contributed by atoms with Gasteiger partial charge in [0.15, 0.2) is 6.10 Å². The van der Waals surface area contributed by atoms with Gasteiger partial charge in [-0.1, -0.05) is 23.2 Å². The number of hydrogen-bond donors (Lipinski definition) is 1. The molecule has 1 aromatic rings. The molecule has 0 aliphatic carbocycles. The standard InChI is InChI=1S/C16H22Cl2N2O2/c1-11(22-15-6-5-13(17)8-14(15)18)16(21)20-7-3-4-12(10-20)9-19-2/h5-6,8,11-12,19H,3-4,7,9-10H2,1-2H3. The van der Waals surface area contributed by atoms with Crippen LogP contribution in [-0.2, 0) is 4.79 Å². The highest BCUT2D eigenvalue weighted by Gasteiger charge is 2.27. The van der Waals surface area contributed by atoms with E-state index in [1.54, 1.807) is 25.1 Å². The fourth-order valence-corrected chi connectivity index (χ4v) is 3.24. The van der Waals surface area contributed by atoms with Gasteiger partial charge in [-0.15, -0.1) is 0 Å². The van der Waals surface area contributed by atoms with Crippen molar-refractivity contribution < 1.29 is 9.53 Å². The van der Waals surface area contributed by atoms with Gasteiger partial charge in [-0.25, -0.2) is 0 Å². The average Bonchev–Trinajstić information content (AvgIpc) is 2.50. The Kier molecular flexibility index (Phi) is 6.36. The second-order valence-corrected chi connectivity index (χ2v) is 6.53. The number of nitrogens with one attached hydrogen (secondary N) is 1. The van der Waals surface area contributed by atoms with Crippen LogP contribution in [0.1, 0.15) is 19.8 Å². The molecule has 0 aromatic heterocycles. The first-order valence-electron chi connectivity index (χ1n) is 7.56. The van der Waals surface area contributed by atoms with Crippen molar-refractivity contribution in [3.63, 3.8) is 0 Å². The van der Waals surface area contributed by atoms with Crippen LogP contribution in [0.5, 0.6) is 5.75 Å². The third kappa shape index (κ3) is 4.51. The first-order chi connectivity index (χ1) is 10.5. The van der Waals surface area contributed by atoms with Crippen LogP contribution in [0.4, 0.5) is 0 Å². The van der Waals surface area contributed by atoms with Crippen molar-refractivity contribution in [3.8, 4) is 5.75 Å². The van der Waals surface area contributed by atoms with Gasteiger partial charge in [0, 0.05) is 18.1 Å². The van der Waals surface area contributed by atoms with E-state index < -0.39 is 6.10 Å². The first-order valence-corrected chi connectivity index (χ1v) is 8.32. The fourth-order valence-electron chi connectivity index (χ4n) is 2.79. The predicted molar refractivity (Wildman–Crippen MR) is 89.8 cm³/mol. The molecule has 0 spiro atoms. The average molecular weight is 345 g/mol. The van der Waals surface area contributed by atoms with Crippen molar-refractivity contribution in [3.05, 3.63) is 28.2 Å². The lowest BCUT2D eigenvalue weighted by Gasteiger charge is -2.34. The monoisotopic (exact) mass is 344 g/mol. The number of piperidine rings is 1. The SMILES string of the molecule is CNCC1CCCN(C(=O)C(C)Oc2ccc(Cl)cc2Cl)C1. The molecule has 1 N–H and O–H groups in total. The number of amides is 1. The van der Waals surface area contributed by atoms with E-state index in [1.807, 2.05) is 11.9 Å². The summed E-state index contributed by atoms with van der Waals surface area (Å²) < 4.78 is 5.71.